The molecule has 18 heavy (non-hydrogen) atoms. The molecule has 0 spiro atoms. The SMILES string of the molecule is CC(C)(C)OC(=O)C[C@H](O)/C=C/c1ccccc1. The van der Waals surface area contributed by atoms with E-state index in [4.69, 9.17) is 4.74 Å². The van der Waals surface area contributed by atoms with E-state index in [1.54, 1.807) is 32.9 Å². The van der Waals surface area contributed by atoms with Crippen LogP contribution in [0, 0.1) is 0 Å². The van der Waals surface area contributed by atoms with Crippen LogP contribution in [0.5, 0.6) is 0 Å². The lowest BCUT2D eigenvalue weighted by Crippen LogP contribution is -2.26. The minimum absolute atomic E-state index is 0.0272. The number of hydrogen-bond acceptors (Lipinski definition) is 3. The first kappa shape index (κ1) is 14.5. The zero-order valence-corrected chi connectivity index (χ0v) is 11.1. The minimum atomic E-state index is -0.819. The lowest BCUT2D eigenvalue weighted by Gasteiger charge is -2.20. The Morgan fingerprint density at radius 1 is 1.33 bits per heavy atom. The molecule has 0 saturated carbocycles. The summed E-state index contributed by atoms with van der Waals surface area (Å²) in [6, 6.07) is 9.61. The van der Waals surface area contributed by atoms with E-state index in [9.17, 15) is 9.90 Å². The molecule has 0 aliphatic heterocycles. The Kier molecular flexibility index (Phi) is 5.10. The van der Waals surface area contributed by atoms with Crippen LogP contribution in [-0.2, 0) is 9.53 Å². The van der Waals surface area contributed by atoms with Gasteiger partial charge in [0.25, 0.3) is 0 Å². The van der Waals surface area contributed by atoms with Crippen LogP contribution < -0.4 is 0 Å². The van der Waals surface area contributed by atoms with Crippen molar-refractivity contribution in [2.45, 2.75) is 38.9 Å². The molecule has 0 bridgehead atoms. The second-order valence-corrected chi connectivity index (χ2v) is 5.13. The van der Waals surface area contributed by atoms with Crippen LogP contribution in [0.3, 0.4) is 0 Å². The number of esters is 1. The van der Waals surface area contributed by atoms with Gasteiger partial charge in [-0.2, -0.15) is 0 Å². The van der Waals surface area contributed by atoms with Gasteiger partial charge in [0.05, 0.1) is 12.5 Å². The fourth-order valence-corrected chi connectivity index (χ4v) is 1.41. The maximum atomic E-state index is 11.5. The summed E-state index contributed by atoms with van der Waals surface area (Å²) in [4.78, 5) is 11.5. The summed E-state index contributed by atoms with van der Waals surface area (Å²) in [6.07, 6.45) is 2.54. The van der Waals surface area contributed by atoms with Crippen molar-refractivity contribution in [3.05, 3.63) is 42.0 Å². The smallest absolute Gasteiger partial charge is 0.309 e. The van der Waals surface area contributed by atoms with Crippen molar-refractivity contribution in [3.63, 3.8) is 0 Å². The molecule has 0 unspecified atom stereocenters. The molecule has 0 fully saturated rings. The minimum Gasteiger partial charge on any atom is -0.460 e. The standard InChI is InChI=1S/C15H20O3/c1-15(2,3)18-14(17)11-13(16)10-9-12-7-5-4-6-8-12/h4-10,13,16H,11H2,1-3H3/b10-9+/t13-/m1/s1. The van der Waals surface area contributed by atoms with Crippen molar-refractivity contribution < 1.29 is 14.6 Å². The summed E-state index contributed by atoms with van der Waals surface area (Å²) in [5.41, 5.74) is 0.473. The molecule has 0 saturated heterocycles. The van der Waals surface area contributed by atoms with Crippen molar-refractivity contribution >= 4 is 12.0 Å². The molecule has 1 aromatic rings. The fraction of sp³-hybridized carbons (Fsp3) is 0.400. The zero-order valence-electron chi connectivity index (χ0n) is 11.1. The average Bonchev–Trinajstić information content (AvgIpc) is 2.25. The summed E-state index contributed by atoms with van der Waals surface area (Å²) >= 11 is 0. The number of benzene rings is 1. The Hall–Kier alpha value is -1.61. The molecule has 3 nitrogen and oxygen atoms in total. The molecule has 98 valence electrons. The number of hydrogen-bond donors (Lipinski definition) is 1. The van der Waals surface area contributed by atoms with E-state index in [0.717, 1.165) is 5.56 Å². The molecule has 1 atom stereocenters. The number of carbonyl (C=O) groups excluding carboxylic acids is 1. The molecule has 1 N–H and O–H groups in total. The normalized spacial score (nSPS) is 13.6. The summed E-state index contributed by atoms with van der Waals surface area (Å²) < 4.78 is 5.13. The number of rotatable bonds is 4. The molecule has 0 radical (unpaired) electrons. The molecule has 0 aliphatic carbocycles. The van der Waals surface area contributed by atoms with E-state index >= 15 is 0 Å². The Bertz CT molecular complexity index is 401. The molecule has 0 aliphatic rings. The third-order valence-electron chi connectivity index (χ3n) is 2.11. The van der Waals surface area contributed by atoms with Crippen LogP contribution >= 0.6 is 0 Å². The van der Waals surface area contributed by atoms with Gasteiger partial charge in [0.15, 0.2) is 0 Å². The van der Waals surface area contributed by atoms with Crippen molar-refractivity contribution in [1.82, 2.24) is 0 Å². The van der Waals surface area contributed by atoms with Crippen LogP contribution in [0.2, 0.25) is 0 Å². The van der Waals surface area contributed by atoms with Gasteiger partial charge < -0.3 is 9.84 Å². The van der Waals surface area contributed by atoms with Gasteiger partial charge in [0, 0.05) is 0 Å². The molecule has 1 aromatic carbocycles. The lowest BCUT2D eigenvalue weighted by atomic mass is 10.1. The third kappa shape index (κ3) is 6.21. The summed E-state index contributed by atoms with van der Waals surface area (Å²) in [5, 5.41) is 9.69. The monoisotopic (exact) mass is 248 g/mol. The highest BCUT2D eigenvalue weighted by Gasteiger charge is 2.17. The van der Waals surface area contributed by atoms with E-state index in [2.05, 4.69) is 0 Å². The third-order valence-corrected chi connectivity index (χ3v) is 2.11. The van der Waals surface area contributed by atoms with Crippen molar-refractivity contribution in [2.75, 3.05) is 0 Å². The van der Waals surface area contributed by atoms with Crippen LogP contribution in [0.4, 0.5) is 0 Å². The van der Waals surface area contributed by atoms with Crippen LogP contribution in [0.1, 0.15) is 32.8 Å². The number of ether oxygens (including phenoxy) is 1. The summed E-state index contributed by atoms with van der Waals surface area (Å²) in [5.74, 6) is -0.396. The van der Waals surface area contributed by atoms with Gasteiger partial charge in [0.1, 0.15) is 5.60 Å². The Balaban J connectivity index is 2.45. The van der Waals surface area contributed by atoms with Crippen molar-refractivity contribution in [1.29, 1.82) is 0 Å². The topological polar surface area (TPSA) is 46.5 Å². The Labute approximate surface area is 108 Å². The molecule has 0 heterocycles. The first-order valence-electron chi connectivity index (χ1n) is 6.00. The van der Waals surface area contributed by atoms with Crippen LogP contribution in [-0.4, -0.2) is 22.8 Å². The maximum absolute atomic E-state index is 11.5. The highest BCUT2D eigenvalue weighted by atomic mass is 16.6. The van der Waals surface area contributed by atoms with E-state index in [-0.39, 0.29) is 6.42 Å². The quantitative estimate of drug-likeness (QED) is 0.833. The fourth-order valence-electron chi connectivity index (χ4n) is 1.41. The van der Waals surface area contributed by atoms with Crippen LogP contribution in [0.15, 0.2) is 36.4 Å². The van der Waals surface area contributed by atoms with Gasteiger partial charge in [-0.3, -0.25) is 4.79 Å². The second-order valence-electron chi connectivity index (χ2n) is 5.13. The molecule has 1 rings (SSSR count). The number of aliphatic hydroxyl groups excluding tert-OH is 1. The van der Waals surface area contributed by atoms with Gasteiger partial charge in [-0.15, -0.1) is 0 Å². The number of carbonyl (C=O) groups is 1. The molecule has 3 heteroatoms. The predicted octanol–water partition coefficient (Wildman–Crippen LogP) is 2.79. The first-order valence-corrected chi connectivity index (χ1v) is 6.00. The van der Waals surface area contributed by atoms with Gasteiger partial charge in [-0.25, -0.2) is 0 Å². The molecular formula is C15H20O3. The van der Waals surface area contributed by atoms with E-state index < -0.39 is 17.7 Å². The van der Waals surface area contributed by atoms with Gasteiger partial charge >= 0.3 is 5.97 Å². The van der Waals surface area contributed by atoms with Gasteiger partial charge in [-0.1, -0.05) is 42.5 Å². The van der Waals surface area contributed by atoms with E-state index in [1.165, 1.54) is 0 Å². The zero-order chi connectivity index (χ0) is 13.6. The van der Waals surface area contributed by atoms with Crippen molar-refractivity contribution in [3.8, 4) is 0 Å². The van der Waals surface area contributed by atoms with Crippen LogP contribution in [0.25, 0.3) is 6.08 Å². The van der Waals surface area contributed by atoms with Gasteiger partial charge in [-0.05, 0) is 26.3 Å². The predicted molar refractivity (Wildman–Crippen MR) is 71.9 cm³/mol. The molecule has 0 aromatic heterocycles. The Morgan fingerprint density at radius 2 is 1.94 bits per heavy atom. The largest absolute Gasteiger partial charge is 0.460 e. The van der Waals surface area contributed by atoms with Crippen molar-refractivity contribution in [2.24, 2.45) is 0 Å². The highest BCUT2D eigenvalue weighted by molar-refractivity contribution is 5.71. The molecular weight excluding hydrogens is 228 g/mol. The van der Waals surface area contributed by atoms with Gasteiger partial charge in [0.2, 0.25) is 0 Å². The Morgan fingerprint density at radius 3 is 2.50 bits per heavy atom. The number of aliphatic hydroxyl groups is 1. The van der Waals surface area contributed by atoms with E-state index in [0.29, 0.717) is 0 Å². The first-order chi connectivity index (χ1) is 8.37. The highest BCUT2D eigenvalue weighted by Crippen LogP contribution is 2.10. The lowest BCUT2D eigenvalue weighted by molar-refractivity contribution is -0.156. The summed E-state index contributed by atoms with van der Waals surface area (Å²) in [6.45, 7) is 5.41. The molecule has 0 amide bonds. The second kappa shape index (κ2) is 6.36. The maximum Gasteiger partial charge on any atom is 0.309 e. The van der Waals surface area contributed by atoms with E-state index in [1.807, 2.05) is 30.3 Å². The average molecular weight is 248 g/mol. The summed E-state index contributed by atoms with van der Waals surface area (Å²) in [7, 11) is 0.